The highest BCUT2D eigenvalue weighted by molar-refractivity contribution is 9.10. The van der Waals surface area contributed by atoms with E-state index in [4.69, 9.17) is 9.52 Å². The van der Waals surface area contributed by atoms with Crippen LogP contribution in [-0.2, 0) is 4.79 Å². The summed E-state index contributed by atoms with van der Waals surface area (Å²) in [6, 6.07) is 1.43. The number of aliphatic carboxylic acids is 1. The molecule has 0 aliphatic carbocycles. The molecule has 1 aromatic rings. The van der Waals surface area contributed by atoms with E-state index in [9.17, 15) is 22.8 Å². The third kappa shape index (κ3) is 2.19. The van der Waals surface area contributed by atoms with Gasteiger partial charge in [0.05, 0.1) is 10.7 Å². The summed E-state index contributed by atoms with van der Waals surface area (Å²) in [5.74, 6) is -2.89. The van der Waals surface area contributed by atoms with Crippen LogP contribution in [0.5, 0.6) is 0 Å². The summed E-state index contributed by atoms with van der Waals surface area (Å²) in [5.41, 5.74) is -2.91. The predicted octanol–water partition coefficient (Wildman–Crippen LogP) is 2.52. The number of carbonyl (C=O) groups is 2. The zero-order valence-electron chi connectivity index (χ0n) is 9.91. The van der Waals surface area contributed by atoms with Crippen molar-refractivity contribution in [2.45, 2.75) is 12.6 Å². The van der Waals surface area contributed by atoms with Crippen LogP contribution < -0.4 is 0 Å². The molecule has 1 N–H and O–H groups in total. The lowest BCUT2D eigenvalue weighted by Gasteiger charge is -2.27. The fourth-order valence-electron chi connectivity index (χ4n) is 2.10. The van der Waals surface area contributed by atoms with Crippen LogP contribution in [0.25, 0.3) is 0 Å². The fourth-order valence-corrected chi connectivity index (χ4v) is 2.47. The Hall–Kier alpha value is -1.51. The number of rotatable bonds is 2. The summed E-state index contributed by atoms with van der Waals surface area (Å²) < 4.78 is 44.1. The molecule has 2 rings (SSSR count). The largest absolute Gasteiger partial charge is 0.481 e. The highest BCUT2D eigenvalue weighted by Gasteiger charge is 2.64. The normalized spacial score (nSPS) is 23.1. The molecule has 1 amide bonds. The Morgan fingerprint density at radius 1 is 1.45 bits per heavy atom. The molecule has 20 heavy (non-hydrogen) atoms. The minimum Gasteiger partial charge on any atom is -0.481 e. The standard InChI is InChI=1S/C11H9BrF3NO4/c12-6-1-4-20-7(6)8(17)16-3-2-10(5-16,9(18)19)11(13,14)15/h1,4H,2-3,5H2,(H,18,19). The lowest BCUT2D eigenvalue weighted by molar-refractivity contribution is -0.227. The number of carboxylic acid groups (broad SMARTS) is 1. The van der Waals surface area contributed by atoms with Gasteiger partial charge in [0.2, 0.25) is 5.76 Å². The van der Waals surface area contributed by atoms with Crippen molar-refractivity contribution in [1.29, 1.82) is 0 Å². The van der Waals surface area contributed by atoms with Crippen molar-refractivity contribution in [1.82, 2.24) is 4.90 Å². The van der Waals surface area contributed by atoms with E-state index in [0.717, 1.165) is 4.90 Å². The van der Waals surface area contributed by atoms with Crippen LogP contribution in [0.2, 0.25) is 0 Å². The molecule has 1 atom stereocenters. The monoisotopic (exact) mass is 355 g/mol. The maximum absolute atomic E-state index is 13.0. The number of amides is 1. The average molecular weight is 356 g/mol. The quantitative estimate of drug-likeness (QED) is 0.884. The van der Waals surface area contributed by atoms with E-state index < -0.39 is 36.4 Å². The van der Waals surface area contributed by atoms with Crippen LogP contribution in [0.4, 0.5) is 13.2 Å². The molecule has 5 nitrogen and oxygen atoms in total. The second kappa shape index (κ2) is 4.80. The fraction of sp³-hybridized carbons (Fsp3) is 0.455. The van der Waals surface area contributed by atoms with Crippen molar-refractivity contribution in [3.8, 4) is 0 Å². The van der Waals surface area contributed by atoms with Crippen LogP contribution in [0.1, 0.15) is 17.0 Å². The van der Waals surface area contributed by atoms with E-state index in [1.807, 2.05) is 0 Å². The van der Waals surface area contributed by atoms with Crippen LogP contribution in [0.15, 0.2) is 21.2 Å². The van der Waals surface area contributed by atoms with Gasteiger partial charge in [-0.3, -0.25) is 9.59 Å². The summed E-state index contributed by atoms with van der Waals surface area (Å²) in [6.45, 7) is -1.21. The van der Waals surface area contributed by atoms with Gasteiger partial charge in [-0.15, -0.1) is 0 Å². The van der Waals surface area contributed by atoms with Crippen molar-refractivity contribution >= 4 is 27.8 Å². The first-order chi connectivity index (χ1) is 9.19. The number of hydrogen-bond acceptors (Lipinski definition) is 3. The molecule has 0 bridgehead atoms. The Morgan fingerprint density at radius 2 is 2.10 bits per heavy atom. The van der Waals surface area contributed by atoms with Crippen molar-refractivity contribution < 1.29 is 32.3 Å². The van der Waals surface area contributed by atoms with Crippen molar-refractivity contribution in [3.05, 3.63) is 22.6 Å². The lowest BCUT2D eigenvalue weighted by Crippen LogP contribution is -2.47. The number of carboxylic acids is 1. The lowest BCUT2D eigenvalue weighted by atomic mass is 9.86. The summed E-state index contributed by atoms with van der Waals surface area (Å²) in [6.07, 6.45) is -4.38. The van der Waals surface area contributed by atoms with E-state index in [-0.39, 0.29) is 12.3 Å². The van der Waals surface area contributed by atoms with Gasteiger partial charge in [-0.05, 0) is 28.4 Å². The molecule has 1 fully saturated rings. The summed E-state index contributed by atoms with van der Waals surface area (Å²) in [4.78, 5) is 23.8. The Labute approximate surface area is 119 Å². The number of carbonyl (C=O) groups excluding carboxylic acids is 1. The Bertz CT molecular complexity index is 556. The van der Waals surface area contributed by atoms with Gasteiger partial charge < -0.3 is 14.4 Å². The minimum absolute atomic E-state index is 0.145. The number of nitrogens with zero attached hydrogens (tertiary/aromatic N) is 1. The highest BCUT2D eigenvalue weighted by atomic mass is 79.9. The SMILES string of the molecule is O=C(c1occc1Br)N1CCC(C(=O)O)(C(F)(F)F)C1. The Morgan fingerprint density at radius 3 is 2.50 bits per heavy atom. The van der Waals surface area contributed by atoms with Crippen molar-refractivity contribution in [2.75, 3.05) is 13.1 Å². The zero-order valence-corrected chi connectivity index (χ0v) is 11.5. The van der Waals surface area contributed by atoms with E-state index in [1.165, 1.54) is 12.3 Å². The van der Waals surface area contributed by atoms with Gasteiger partial charge in [-0.25, -0.2) is 0 Å². The molecule has 9 heteroatoms. The Kier molecular flexibility index (Phi) is 3.57. The molecule has 0 saturated carbocycles. The topological polar surface area (TPSA) is 70.8 Å². The summed E-state index contributed by atoms with van der Waals surface area (Å²) >= 11 is 3.03. The van der Waals surface area contributed by atoms with E-state index >= 15 is 0 Å². The summed E-state index contributed by atoms with van der Waals surface area (Å²) in [7, 11) is 0. The third-order valence-electron chi connectivity index (χ3n) is 3.32. The number of alkyl halides is 3. The second-order valence-corrected chi connectivity index (χ2v) is 5.31. The highest BCUT2D eigenvalue weighted by Crippen LogP contribution is 2.46. The molecule has 1 unspecified atom stereocenters. The molecule has 1 saturated heterocycles. The zero-order chi connectivity index (χ0) is 15.1. The Balaban J connectivity index is 2.26. The van der Waals surface area contributed by atoms with Gasteiger partial charge in [0, 0.05) is 13.1 Å². The predicted molar refractivity (Wildman–Crippen MR) is 63.1 cm³/mol. The molecule has 2 heterocycles. The van der Waals surface area contributed by atoms with E-state index in [1.54, 1.807) is 0 Å². The molecule has 0 aromatic carbocycles. The first-order valence-electron chi connectivity index (χ1n) is 5.51. The number of furan rings is 1. The number of likely N-dealkylation sites (tertiary alicyclic amines) is 1. The van der Waals surface area contributed by atoms with Crippen LogP contribution in [-0.4, -0.2) is 41.1 Å². The third-order valence-corrected chi connectivity index (χ3v) is 3.94. The van der Waals surface area contributed by atoms with Crippen LogP contribution in [0.3, 0.4) is 0 Å². The van der Waals surface area contributed by atoms with Gasteiger partial charge >= 0.3 is 12.1 Å². The van der Waals surface area contributed by atoms with Crippen LogP contribution >= 0.6 is 15.9 Å². The molecule has 0 spiro atoms. The molecule has 110 valence electrons. The molecule has 1 aliphatic heterocycles. The molecular weight excluding hydrogens is 347 g/mol. The first kappa shape index (κ1) is 14.9. The van der Waals surface area contributed by atoms with E-state index in [2.05, 4.69) is 15.9 Å². The number of halogens is 4. The maximum Gasteiger partial charge on any atom is 0.406 e. The van der Waals surface area contributed by atoms with Gasteiger partial charge in [0.15, 0.2) is 5.41 Å². The molecule has 1 aliphatic rings. The maximum atomic E-state index is 13.0. The van der Waals surface area contributed by atoms with Crippen molar-refractivity contribution in [2.24, 2.45) is 5.41 Å². The number of hydrogen-bond donors (Lipinski definition) is 1. The van der Waals surface area contributed by atoms with Gasteiger partial charge in [-0.1, -0.05) is 0 Å². The van der Waals surface area contributed by atoms with Crippen LogP contribution in [0, 0.1) is 5.41 Å². The van der Waals surface area contributed by atoms with E-state index in [0.29, 0.717) is 4.47 Å². The molecule has 0 radical (unpaired) electrons. The first-order valence-corrected chi connectivity index (χ1v) is 6.31. The van der Waals surface area contributed by atoms with Gasteiger partial charge in [-0.2, -0.15) is 13.2 Å². The van der Waals surface area contributed by atoms with Gasteiger partial charge in [0.25, 0.3) is 5.91 Å². The molecule has 1 aromatic heterocycles. The smallest absolute Gasteiger partial charge is 0.406 e. The second-order valence-electron chi connectivity index (χ2n) is 4.46. The van der Waals surface area contributed by atoms with Crippen molar-refractivity contribution in [3.63, 3.8) is 0 Å². The average Bonchev–Trinajstić information content (AvgIpc) is 2.93. The van der Waals surface area contributed by atoms with Gasteiger partial charge in [0.1, 0.15) is 0 Å². The minimum atomic E-state index is -4.92. The summed E-state index contributed by atoms with van der Waals surface area (Å²) in [5, 5.41) is 8.89. The molecular formula is C11H9BrF3NO4.